The molecule has 2 aromatic heterocycles. The monoisotopic (exact) mass is 345 g/mol. The van der Waals surface area contributed by atoms with E-state index in [-0.39, 0.29) is 18.1 Å². The van der Waals surface area contributed by atoms with E-state index >= 15 is 0 Å². The number of likely N-dealkylation sites (tertiary alicyclic amines) is 1. The fourth-order valence-electron chi connectivity index (χ4n) is 3.46. The second kappa shape index (κ2) is 6.55. The van der Waals surface area contributed by atoms with Gasteiger partial charge in [0.1, 0.15) is 10.8 Å². The Morgan fingerprint density at radius 3 is 2.92 bits per heavy atom. The molecule has 2 aromatic rings. The average molecular weight is 345 g/mol. The van der Waals surface area contributed by atoms with Crippen LogP contribution in [0.15, 0.2) is 18.6 Å². The Bertz CT molecular complexity index is 694. The summed E-state index contributed by atoms with van der Waals surface area (Å²) in [6, 6.07) is 0.114. The number of piperidine rings is 1. The summed E-state index contributed by atoms with van der Waals surface area (Å²) in [7, 11) is 0. The Hall–Kier alpha value is -1.89. The molecule has 0 bridgehead atoms. The van der Waals surface area contributed by atoms with Gasteiger partial charge in [-0.2, -0.15) is 0 Å². The molecule has 1 saturated carbocycles. The van der Waals surface area contributed by atoms with E-state index in [0.29, 0.717) is 5.92 Å². The third kappa shape index (κ3) is 3.17. The van der Waals surface area contributed by atoms with Crippen LogP contribution in [-0.4, -0.2) is 32.4 Å². The molecule has 2 amide bonds. The fraction of sp³-hybridized carbons (Fsp3) is 0.588. The molecule has 6 nitrogen and oxygen atoms in total. The number of nitrogens with zero attached hydrogens (tertiary/aromatic N) is 3. The van der Waals surface area contributed by atoms with Gasteiger partial charge in [0.2, 0.25) is 0 Å². The van der Waals surface area contributed by atoms with Gasteiger partial charge in [0.15, 0.2) is 0 Å². The summed E-state index contributed by atoms with van der Waals surface area (Å²) in [6.45, 7) is 2.84. The van der Waals surface area contributed by atoms with Gasteiger partial charge in [-0.05, 0) is 44.9 Å². The first-order chi connectivity index (χ1) is 11.7. The second-order valence-corrected chi connectivity index (χ2v) is 8.02. The van der Waals surface area contributed by atoms with Crippen LogP contribution in [0.25, 0.3) is 0 Å². The highest BCUT2D eigenvalue weighted by molar-refractivity contribution is 7.11. The topological polar surface area (TPSA) is 73.9 Å². The van der Waals surface area contributed by atoms with Crippen LogP contribution in [-0.2, 0) is 0 Å². The number of H-pyrrole nitrogens is 1. The maximum absolute atomic E-state index is 13.0. The number of rotatable bonds is 4. The highest BCUT2D eigenvalue weighted by Gasteiger charge is 2.38. The number of aromatic amines is 1. The van der Waals surface area contributed by atoms with E-state index in [0.717, 1.165) is 36.6 Å². The second-order valence-electron chi connectivity index (χ2n) is 6.75. The molecule has 2 fully saturated rings. The lowest BCUT2D eigenvalue weighted by Crippen LogP contribution is -2.46. The van der Waals surface area contributed by atoms with Crippen LogP contribution >= 0.6 is 11.3 Å². The molecule has 2 N–H and O–H groups in total. The molecule has 1 aliphatic carbocycles. The van der Waals surface area contributed by atoms with E-state index in [1.54, 1.807) is 17.5 Å². The Morgan fingerprint density at radius 2 is 2.25 bits per heavy atom. The van der Waals surface area contributed by atoms with E-state index < -0.39 is 0 Å². The zero-order valence-corrected chi connectivity index (χ0v) is 14.7. The van der Waals surface area contributed by atoms with Crippen molar-refractivity contribution >= 4 is 17.4 Å². The zero-order chi connectivity index (χ0) is 16.5. The lowest BCUT2D eigenvalue weighted by atomic mass is 10.0. The minimum Gasteiger partial charge on any atom is -0.347 e. The van der Waals surface area contributed by atoms with Crippen molar-refractivity contribution in [3.8, 4) is 0 Å². The lowest BCUT2D eigenvalue weighted by Gasteiger charge is -2.35. The summed E-state index contributed by atoms with van der Waals surface area (Å²) >= 11 is 1.69. The number of amides is 2. The Morgan fingerprint density at radius 1 is 1.38 bits per heavy atom. The molecule has 24 heavy (non-hydrogen) atoms. The van der Waals surface area contributed by atoms with Crippen LogP contribution in [0, 0.1) is 12.8 Å². The highest BCUT2D eigenvalue weighted by atomic mass is 32.1. The number of carbonyl (C=O) groups excluding carboxylic acids is 1. The molecular weight excluding hydrogens is 322 g/mol. The predicted octanol–water partition coefficient (Wildman–Crippen LogP) is 3.56. The van der Waals surface area contributed by atoms with Gasteiger partial charge in [0.25, 0.3) is 0 Å². The molecule has 128 valence electrons. The molecule has 7 heteroatoms. The molecular formula is C17H23N5OS. The van der Waals surface area contributed by atoms with E-state index in [4.69, 9.17) is 0 Å². The summed E-state index contributed by atoms with van der Waals surface area (Å²) in [5.74, 6) is 1.42. The minimum atomic E-state index is 0.0147. The van der Waals surface area contributed by atoms with Gasteiger partial charge in [-0.15, -0.1) is 11.3 Å². The molecule has 1 saturated heterocycles. The standard InChI is InChI=1S/C17H23N5OS/c1-11-10-20-16(24-11)14(12-5-6-12)21-17(23)22-9-3-2-4-13(22)15-18-7-8-19-15/h7-8,10,12-14H,2-6,9H2,1H3,(H,18,19)(H,21,23). The summed E-state index contributed by atoms with van der Waals surface area (Å²) in [5, 5.41) is 4.30. The molecule has 3 heterocycles. The van der Waals surface area contributed by atoms with E-state index in [9.17, 15) is 4.79 Å². The van der Waals surface area contributed by atoms with Crippen LogP contribution in [0.4, 0.5) is 4.79 Å². The molecule has 0 radical (unpaired) electrons. The van der Waals surface area contributed by atoms with Gasteiger partial charge in [-0.1, -0.05) is 0 Å². The van der Waals surface area contributed by atoms with Gasteiger partial charge in [-0.3, -0.25) is 0 Å². The number of aryl methyl sites for hydroxylation is 1. The number of thiazole rings is 1. The van der Waals surface area contributed by atoms with Gasteiger partial charge >= 0.3 is 6.03 Å². The van der Waals surface area contributed by atoms with Crippen molar-refractivity contribution in [3.63, 3.8) is 0 Å². The smallest absolute Gasteiger partial charge is 0.318 e. The van der Waals surface area contributed by atoms with Crippen LogP contribution in [0.2, 0.25) is 0 Å². The Labute approximate surface area is 145 Å². The van der Waals surface area contributed by atoms with Crippen molar-refractivity contribution in [1.82, 2.24) is 25.2 Å². The number of hydrogen-bond donors (Lipinski definition) is 2. The van der Waals surface area contributed by atoms with E-state index in [1.165, 1.54) is 17.7 Å². The number of aromatic nitrogens is 3. The fourth-order valence-corrected chi connectivity index (χ4v) is 4.38. The summed E-state index contributed by atoms with van der Waals surface area (Å²) in [4.78, 5) is 28.2. The molecule has 2 unspecified atom stereocenters. The van der Waals surface area contributed by atoms with Crippen molar-refractivity contribution < 1.29 is 4.79 Å². The summed E-state index contributed by atoms with van der Waals surface area (Å²) in [6.07, 6.45) is 11.0. The van der Waals surface area contributed by atoms with Crippen molar-refractivity contribution in [3.05, 3.63) is 34.3 Å². The minimum absolute atomic E-state index is 0.0147. The Kier molecular flexibility index (Phi) is 4.26. The maximum atomic E-state index is 13.0. The third-order valence-corrected chi connectivity index (χ3v) is 5.87. The van der Waals surface area contributed by atoms with Crippen molar-refractivity contribution in [2.24, 2.45) is 5.92 Å². The maximum Gasteiger partial charge on any atom is 0.318 e. The SMILES string of the molecule is Cc1cnc(C(NC(=O)N2CCCCC2c2ncc[nH]2)C2CC2)s1. The van der Waals surface area contributed by atoms with Crippen LogP contribution < -0.4 is 5.32 Å². The van der Waals surface area contributed by atoms with Crippen LogP contribution in [0.5, 0.6) is 0 Å². The van der Waals surface area contributed by atoms with Crippen LogP contribution in [0.3, 0.4) is 0 Å². The molecule has 2 atom stereocenters. The van der Waals surface area contributed by atoms with Gasteiger partial charge < -0.3 is 15.2 Å². The third-order valence-electron chi connectivity index (χ3n) is 4.88. The molecule has 0 aromatic carbocycles. The molecule has 0 spiro atoms. The van der Waals surface area contributed by atoms with Gasteiger partial charge in [-0.25, -0.2) is 14.8 Å². The highest BCUT2D eigenvalue weighted by Crippen LogP contribution is 2.42. The van der Waals surface area contributed by atoms with Gasteiger partial charge in [0.05, 0.1) is 12.1 Å². The lowest BCUT2D eigenvalue weighted by molar-refractivity contribution is 0.143. The largest absolute Gasteiger partial charge is 0.347 e. The van der Waals surface area contributed by atoms with Crippen molar-refractivity contribution in [2.75, 3.05) is 6.54 Å². The number of carbonyl (C=O) groups is 1. The van der Waals surface area contributed by atoms with E-state index in [1.807, 2.05) is 17.3 Å². The number of imidazole rings is 1. The summed E-state index contributed by atoms with van der Waals surface area (Å²) in [5.41, 5.74) is 0. The van der Waals surface area contributed by atoms with Gasteiger partial charge in [0, 0.05) is 30.0 Å². The first-order valence-electron chi connectivity index (χ1n) is 8.71. The van der Waals surface area contributed by atoms with Crippen molar-refractivity contribution in [2.45, 2.75) is 51.1 Å². The first-order valence-corrected chi connectivity index (χ1v) is 9.53. The normalized spacial score (nSPS) is 22.4. The quantitative estimate of drug-likeness (QED) is 0.890. The first kappa shape index (κ1) is 15.6. The Balaban J connectivity index is 1.51. The number of nitrogens with one attached hydrogen (secondary N) is 2. The molecule has 1 aliphatic heterocycles. The van der Waals surface area contributed by atoms with Crippen molar-refractivity contribution in [1.29, 1.82) is 0 Å². The number of hydrogen-bond acceptors (Lipinski definition) is 4. The zero-order valence-electron chi connectivity index (χ0n) is 13.9. The van der Waals surface area contributed by atoms with Crippen LogP contribution in [0.1, 0.15) is 59.9 Å². The number of urea groups is 1. The van der Waals surface area contributed by atoms with E-state index in [2.05, 4.69) is 27.2 Å². The summed E-state index contributed by atoms with van der Waals surface area (Å²) < 4.78 is 0. The molecule has 2 aliphatic rings. The molecule has 4 rings (SSSR count). The predicted molar refractivity (Wildman–Crippen MR) is 92.7 cm³/mol. The average Bonchev–Trinajstić information content (AvgIpc) is 3.10.